The molecule has 0 spiro atoms. The van der Waals surface area contributed by atoms with E-state index in [1.54, 1.807) is 0 Å². The summed E-state index contributed by atoms with van der Waals surface area (Å²) in [6.07, 6.45) is 0. The Kier molecular flexibility index (Phi) is 2.05. The fraction of sp³-hybridized carbons (Fsp3) is 0.286. The van der Waals surface area contributed by atoms with Crippen LogP contribution in [0.15, 0.2) is 15.0 Å². The lowest BCUT2D eigenvalue weighted by Crippen LogP contribution is -1.98. The molecule has 0 unspecified atom stereocenters. The molecule has 0 atom stereocenters. The van der Waals surface area contributed by atoms with Crippen molar-refractivity contribution in [3.05, 3.63) is 17.5 Å². The van der Waals surface area contributed by atoms with E-state index in [1.807, 2.05) is 13.0 Å². The van der Waals surface area contributed by atoms with Gasteiger partial charge >= 0.3 is 12.0 Å². The molecular weight excluding hydrogens is 186 g/mol. The third kappa shape index (κ3) is 1.82. The van der Waals surface area contributed by atoms with Crippen LogP contribution in [0, 0.1) is 6.92 Å². The molecule has 7 nitrogen and oxygen atoms in total. The summed E-state index contributed by atoms with van der Waals surface area (Å²) in [6.45, 7) is 2.28. The zero-order chi connectivity index (χ0) is 9.97. The number of aryl methyl sites for hydroxylation is 1. The first-order valence-corrected chi connectivity index (χ1v) is 3.99. The van der Waals surface area contributed by atoms with Crippen LogP contribution in [0.4, 0.5) is 12.0 Å². The summed E-state index contributed by atoms with van der Waals surface area (Å²) in [7, 11) is 0. The van der Waals surface area contributed by atoms with Crippen LogP contribution in [0.1, 0.15) is 11.5 Å². The normalized spacial score (nSPS) is 10.4. The summed E-state index contributed by atoms with van der Waals surface area (Å²) in [5.41, 5.74) is 6.06. The van der Waals surface area contributed by atoms with Gasteiger partial charge in [-0.2, -0.15) is 0 Å². The largest absolute Gasteiger partial charge is 0.390 e. The van der Waals surface area contributed by atoms with Crippen LogP contribution in [-0.2, 0) is 6.54 Å². The van der Waals surface area contributed by atoms with E-state index in [2.05, 4.69) is 20.7 Å². The molecule has 7 heteroatoms. The van der Waals surface area contributed by atoms with Crippen molar-refractivity contribution in [2.75, 3.05) is 11.1 Å². The molecule has 2 heterocycles. The number of hydrogen-bond acceptors (Lipinski definition) is 7. The van der Waals surface area contributed by atoms with Crippen molar-refractivity contribution in [1.82, 2.24) is 15.4 Å². The van der Waals surface area contributed by atoms with Crippen LogP contribution in [0.5, 0.6) is 0 Å². The molecule has 2 aromatic heterocycles. The van der Waals surface area contributed by atoms with Crippen molar-refractivity contribution in [3.8, 4) is 0 Å². The molecule has 0 bridgehead atoms. The van der Waals surface area contributed by atoms with Crippen LogP contribution in [0.3, 0.4) is 0 Å². The lowest BCUT2D eigenvalue weighted by Gasteiger charge is -1.94. The minimum atomic E-state index is 0.0289. The summed E-state index contributed by atoms with van der Waals surface area (Å²) in [4.78, 5) is 0. The summed E-state index contributed by atoms with van der Waals surface area (Å²) < 4.78 is 9.85. The van der Waals surface area contributed by atoms with Gasteiger partial charge in [-0.1, -0.05) is 15.4 Å². The lowest BCUT2D eigenvalue weighted by atomic mass is 10.4. The zero-order valence-corrected chi connectivity index (χ0v) is 7.52. The number of hydrogen-bond donors (Lipinski definition) is 2. The summed E-state index contributed by atoms with van der Waals surface area (Å²) in [6, 6.07) is 2.10. The van der Waals surface area contributed by atoms with Gasteiger partial charge in [-0.15, -0.1) is 0 Å². The van der Waals surface area contributed by atoms with Gasteiger partial charge in [0.25, 0.3) is 0 Å². The Morgan fingerprint density at radius 3 is 2.93 bits per heavy atom. The van der Waals surface area contributed by atoms with E-state index >= 15 is 0 Å². The first-order chi connectivity index (χ1) is 6.74. The minimum Gasteiger partial charge on any atom is -0.390 e. The smallest absolute Gasteiger partial charge is 0.317 e. The Bertz CT molecular complexity index is 381. The van der Waals surface area contributed by atoms with E-state index in [0.717, 1.165) is 5.69 Å². The van der Waals surface area contributed by atoms with Gasteiger partial charge in [0.05, 0.1) is 12.2 Å². The van der Waals surface area contributed by atoms with Gasteiger partial charge in [0.15, 0.2) is 5.76 Å². The molecule has 14 heavy (non-hydrogen) atoms. The average Bonchev–Trinajstić information content (AvgIpc) is 2.72. The van der Waals surface area contributed by atoms with Gasteiger partial charge in [0, 0.05) is 6.07 Å². The highest BCUT2D eigenvalue weighted by molar-refractivity contribution is 5.23. The molecule has 0 amide bonds. The van der Waals surface area contributed by atoms with Gasteiger partial charge in [0.2, 0.25) is 0 Å². The quantitative estimate of drug-likeness (QED) is 0.737. The Hall–Kier alpha value is -2.05. The van der Waals surface area contributed by atoms with Crippen molar-refractivity contribution in [2.24, 2.45) is 0 Å². The van der Waals surface area contributed by atoms with Gasteiger partial charge in [-0.3, -0.25) is 0 Å². The van der Waals surface area contributed by atoms with Crippen LogP contribution < -0.4 is 11.1 Å². The standard InChI is InChI=1S/C7H9N5O2/c1-4-2-5(14-12-4)3-9-7-11-10-6(8)13-7/h2H,3H2,1H3,(H2,8,10)(H,9,11). The molecule has 2 rings (SSSR count). The van der Waals surface area contributed by atoms with Crippen molar-refractivity contribution >= 4 is 12.0 Å². The molecule has 2 aromatic rings. The SMILES string of the molecule is Cc1cc(CNc2nnc(N)o2)on1. The number of nitrogen functional groups attached to an aromatic ring is 1. The number of rotatable bonds is 3. The third-order valence-corrected chi connectivity index (χ3v) is 1.53. The predicted molar refractivity (Wildman–Crippen MR) is 47.3 cm³/mol. The number of nitrogens with one attached hydrogen (secondary N) is 1. The Morgan fingerprint density at radius 2 is 2.36 bits per heavy atom. The second-order valence-electron chi connectivity index (χ2n) is 2.73. The van der Waals surface area contributed by atoms with Crippen molar-refractivity contribution in [2.45, 2.75) is 13.5 Å². The molecule has 0 aliphatic heterocycles. The lowest BCUT2D eigenvalue weighted by molar-refractivity contribution is 0.383. The third-order valence-electron chi connectivity index (χ3n) is 1.53. The average molecular weight is 195 g/mol. The summed E-state index contributed by atoms with van der Waals surface area (Å²) in [5, 5.41) is 13.7. The summed E-state index contributed by atoms with van der Waals surface area (Å²) in [5.74, 6) is 0.694. The van der Waals surface area contributed by atoms with Crippen molar-refractivity contribution in [1.29, 1.82) is 0 Å². The van der Waals surface area contributed by atoms with Gasteiger partial charge in [-0.25, -0.2) is 0 Å². The highest BCUT2D eigenvalue weighted by atomic mass is 16.5. The topological polar surface area (TPSA) is 103 Å². The maximum absolute atomic E-state index is 5.24. The maximum Gasteiger partial charge on any atom is 0.317 e. The first-order valence-electron chi connectivity index (χ1n) is 3.99. The molecule has 0 radical (unpaired) electrons. The molecule has 0 aliphatic rings. The highest BCUT2D eigenvalue weighted by Crippen LogP contribution is 2.09. The maximum atomic E-state index is 5.24. The number of aromatic nitrogens is 3. The molecule has 0 aliphatic carbocycles. The van der Waals surface area contributed by atoms with Crippen LogP contribution in [-0.4, -0.2) is 15.4 Å². The molecule has 0 saturated carbocycles. The zero-order valence-electron chi connectivity index (χ0n) is 7.52. The second-order valence-corrected chi connectivity index (χ2v) is 2.73. The van der Waals surface area contributed by atoms with E-state index in [-0.39, 0.29) is 12.0 Å². The van der Waals surface area contributed by atoms with E-state index in [0.29, 0.717) is 12.3 Å². The molecule has 0 fully saturated rings. The molecule has 0 aromatic carbocycles. The highest BCUT2D eigenvalue weighted by Gasteiger charge is 2.04. The van der Waals surface area contributed by atoms with Crippen LogP contribution in [0.2, 0.25) is 0 Å². The van der Waals surface area contributed by atoms with Gasteiger partial charge in [0.1, 0.15) is 0 Å². The monoisotopic (exact) mass is 195 g/mol. The molecule has 0 saturated heterocycles. The number of nitrogens with zero attached hydrogens (tertiary/aromatic N) is 3. The fourth-order valence-corrected chi connectivity index (χ4v) is 0.968. The van der Waals surface area contributed by atoms with Crippen molar-refractivity contribution in [3.63, 3.8) is 0 Å². The van der Waals surface area contributed by atoms with Gasteiger partial charge in [-0.05, 0) is 6.92 Å². The Morgan fingerprint density at radius 1 is 1.50 bits per heavy atom. The second kappa shape index (κ2) is 3.36. The Balaban J connectivity index is 1.94. The van der Waals surface area contributed by atoms with E-state index in [1.165, 1.54) is 0 Å². The number of nitrogens with two attached hydrogens (primary N) is 1. The molecule has 74 valence electrons. The van der Waals surface area contributed by atoms with E-state index in [4.69, 9.17) is 14.7 Å². The molecule has 3 N–H and O–H groups in total. The fourth-order valence-electron chi connectivity index (χ4n) is 0.968. The Labute approximate surface area is 79.3 Å². The predicted octanol–water partition coefficient (Wildman–Crippen LogP) is 0.560. The van der Waals surface area contributed by atoms with Gasteiger partial charge < -0.3 is 20.0 Å². The number of anilines is 2. The minimum absolute atomic E-state index is 0.0289. The summed E-state index contributed by atoms with van der Waals surface area (Å²) >= 11 is 0. The van der Waals surface area contributed by atoms with Crippen molar-refractivity contribution < 1.29 is 8.94 Å². The van der Waals surface area contributed by atoms with E-state index in [9.17, 15) is 0 Å². The van der Waals surface area contributed by atoms with Crippen LogP contribution in [0.25, 0.3) is 0 Å². The first kappa shape index (κ1) is 8.54. The van der Waals surface area contributed by atoms with Crippen LogP contribution >= 0.6 is 0 Å². The molecular formula is C7H9N5O2. The van der Waals surface area contributed by atoms with E-state index < -0.39 is 0 Å².